The molecule has 1 aliphatic rings. The second-order valence-corrected chi connectivity index (χ2v) is 5.20. The average Bonchev–Trinajstić information content (AvgIpc) is 2.38. The Morgan fingerprint density at radius 1 is 1.29 bits per heavy atom. The molecule has 1 aromatic rings. The van der Waals surface area contributed by atoms with Crippen LogP contribution in [0.3, 0.4) is 0 Å². The predicted octanol–water partition coefficient (Wildman–Crippen LogP) is 1.38. The van der Waals surface area contributed by atoms with E-state index in [1.165, 1.54) is 0 Å². The van der Waals surface area contributed by atoms with Gasteiger partial charge in [0.05, 0.1) is 0 Å². The fourth-order valence-electron chi connectivity index (χ4n) is 2.17. The highest BCUT2D eigenvalue weighted by Crippen LogP contribution is 2.16. The molecule has 0 saturated carbocycles. The molecule has 2 N–H and O–H groups in total. The molecule has 1 saturated heterocycles. The van der Waals surface area contributed by atoms with Crippen molar-refractivity contribution in [1.29, 1.82) is 0 Å². The molecule has 1 atom stereocenters. The second-order valence-electron chi connectivity index (χ2n) is 4.27. The Kier molecular flexibility index (Phi) is 4.67. The van der Waals surface area contributed by atoms with Gasteiger partial charge in [0, 0.05) is 12.6 Å². The molecule has 1 aromatic carbocycles. The maximum atomic E-state index is 11.4. The topological polar surface area (TPSA) is 52.6 Å². The van der Waals surface area contributed by atoms with Crippen molar-refractivity contribution in [3.63, 3.8) is 0 Å². The molecule has 94 valence electrons. The van der Waals surface area contributed by atoms with Crippen LogP contribution in [-0.4, -0.2) is 32.2 Å². The van der Waals surface area contributed by atoms with Crippen molar-refractivity contribution in [2.45, 2.75) is 25.4 Å². The number of rotatable bonds is 4. The first-order valence-electron chi connectivity index (χ1n) is 5.89. The van der Waals surface area contributed by atoms with Gasteiger partial charge in [-0.25, -0.2) is 4.21 Å². The SMILES string of the molecule is O=S(O)N(Cc1ccccc1)C1CCNCC1. The molecule has 0 radical (unpaired) electrons. The van der Waals surface area contributed by atoms with Crippen LogP contribution >= 0.6 is 0 Å². The van der Waals surface area contributed by atoms with Gasteiger partial charge in [-0.05, 0) is 31.5 Å². The van der Waals surface area contributed by atoms with Crippen LogP contribution in [0.1, 0.15) is 18.4 Å². The Bertz CT molecular complexity index is 366. The molecule has 1 heterocycles. The molecule has 5 heteroatoms. The average molecular weight is 254 g/mol. The van der Waals surface area contributed by atoms with E-state index in [0.717, 1.165) is 31.5 Å². The van der Waals surface area contributed by atoms with Crippen molar-refractivity contribution in [3.8, 4) is 0 Å². The summed E-state index contributed by atoms with van der Waals surface area (Å²) in [6.45, 7) is 2.38. The maximum Gasteiger partial charge on any atom is 0.235 e. The van der Waals surface area contributed by atoms with Gasteiger partial charge in [-0.15, -0.1) is 0 Å². The number of benzene rings is 1. The van der Waals surface area contributed by atoms with Crippen molar-refractivity contribution in [1.82, 2.24) is 9.62 Å². The fourth-order valence-corrected chi connectivity index (χ4v) is 2.90. The van der Waals surface area contributed by atoms with Crippen molar-refractivity contribution < 1.29 is 8.76 Å². The van der Waals surface area contributed by atoms with Crippen molar-refractivity contribution >= 4 is 11.3 Å². The Balaban J connectivity index is 2.04. The van der Waals surface area contributed by atoms with Crippen LogP contribution in [0.2, 0.25) is 0 Å². The van der Waals surface area contributed by atoms with E-state index in [9.17, 15) is 8.76 Å². The molecule has 1 fully saturated rings. The standard InChI is InChI=1S/C12H18N2O2S/c15-17(16)14(12-6-8-13-9-7-12)10-11-4-2-1-3-5-11/h1-5,12-13H,6-10H2,(H,15,16). The molecule has 2 rings (SSSR count). The molecule has 0 amide bonds. The Morgan fingerprint density at radius 2 is 1.94 bits per heavy atom. The lowest BCUT2D eigenvalue weighted by Crippen LogP contribution is -2.43. The zero-order valence-corrected chi connectivity index (χ0v) is 10.5. The molecule has 0 aromatic heterocycles. The molecule has 4 nitrogen and oxygen atoms in total. The highest BCUT2D eigenvalue weighted by molar-refractivity contribution is 7.76. The van der Waals surface area contributed by atoms with E-state index in [0.29, 0.717) is 6.54 Å². The van der Waals surface area contributed by atoms with E-state index >= 15 is 0 Å². The van der Waals surface area contributed by atoms with Crippen molar-refractivity contribution in [2.24, 2.45) is 0 Å². The van der Waals surface area contributed by atoms with Crippen LogP contribution in [0.25, 0.3) is 0 Å². The van der Waals surface area contributed by atoms with Crippen LogP contribution < -0.4 is 5.32 Å². The van der Waals surface area contributed by atoms with Crippen molar-refractivity contribution in [2.75, 3.05) is 13.1 Å². The zero-order chi connectivity index (χ0) is 12.1. The summed E-state index contributed by atoms with van der Waals surface area (Å²) in [6, 6.07) is 10.0. The molecule has 0 bridgehead atoms. The van der Waals surface area contributed by atoms with Crippen LogP contribution in [-0.2, 0) is 17.8 Å². The Hall–Kier alpha value is -0.750. The minimum atomic E-state index is -1.90. The molecular formula is C12H18N2O2S. The molecule has 1 aliphatic heterocycles. The summed E-state index contributed by atoms with van der Waals surface area (Å²) in [5, 5.41) is 3.27. The second kappa shape index (κ2) is 6.26. The van der Waals surface area contributed by atoms with Gasteiger partial charge in [-0.2, -0.15) is 4.31 Å². The first-order chi connectivity index (χ1) is 8.27. The van der Waals surface area contributed by atoms with E-state index in [-0.39, 0.29) is 6.04 Å². The van der Waals surface area contributed by atoms with Gasteiger partial charge in [-0.1, -0.05) is 30.3 Å². The van der Waals surface area contributed by atoms with E-state index in [4.69, 9.17) is 0 Å². The minimum Gasteiger partial charge on any atom is -0.317 e. The Morgan fingerprint density at radius 3 is 2.53 bits per heavy atom. The lowest BCUT2D eigenvalue weighted by Gasteiger charge is -2.31. The van der Waals surface area contributed by atoms with Gasteiger partial charge < -0.3 is 5.32 Å². The van der Waals surface area contributed by atoms with Gasteiger partial charge in [0.1, 0.15) is 0 Å². The lowest BCUT2D eigenvalue weighted by atomic mass is 10.1. The minimum absolute atomic E-state index is 0.197. The van der Waals surface area contributed by atoms with Gasteiger partial charge in [0.25, 0.3) is 0 Å². The third-order valence-corrected chi connectivity index (χ3v) is 3.93. The lowest BCUT2D eigenvalue weighted by molar-refractivity contribution is 0.252. The summed E-state index contributed by atoms with van der Waals surface area (Å²) in [4.78, 5) is 0. The van der Waals surface area contributed by atoms with Crippen LogP contribution in [0, 0.1) is 0 Å². The molecular weight excluding hydrogens is 236 g/mol. The van der Waals surface area contributed by atoms with Gasteiger partial charge >= 0.3 is 0 Å². The predicted molar refractivity (Wildman–Crippen MR) is 68.6 cm³/mol. The molecule has 0 spiro atoms. The summed E-state index contributed by atoms with van der Waals surface area (Å²) in [7, 11) is 0. The molecule has 0 aliphatic carbocycles. The number of piperidine rings is 1. The van der Waals surface area contributed by atoms with Crippen LogP contribution in [0.15, 0.2) is 30.3 Å². The Labute approximate surface area is 104 Å². The first kappa shape index (κ1) is 12.7. The number of hydrogen-bond donors (Lipinski definition) is 2. The monoisotopic (exact) mass is 254 g/mol. The zero-order valence-electron chi connectivity index (χ0n) is 9.71. The summed E-state index contributed by atoms with van der Waals surface area (Å²) >= 11 is -1.90. The van der Waals surface area contributed by atoms with Gasteiger partial charge in [0.15, 0.2) is 0 Å². The van der Waals surface area contributed by atoms with Gasteiger partial charge in [0.2, 0.25) is 11.3 Å². The van der Waals surface area contributed by atoms with Crippen molar-refractivity contribution in [3.05, 3.63) is 35.9 Å². The highest BCUT2D eigenvalue weighted by Gasteiger charge is 2.24. The number of hydrogen-bond acceptors (Lipinski definition) is 2. The summed E-state index contributed by atoms with van der Waals surface area (Å²) in [6.07, 6.45) is 1.86. The van der Waals surface area contributed by atoms with E-state index in [2.05, 4.69) is 5.32 Å². The van der Waals surface area contributed by atoms with E-state index in [1.807, 2.05) is 30.3 Å². The smallest absolute Gasteiger partial charge is 0.235 e. The number of nitrogens with one attached hydrogen (secondary N) is 1. The normalized spacial score (nSPS) is 19.4. The summed E-state index contributed by atoms with van der Waals surface area (Å²) < 4.78 is 22.5. The van der Waals surface area contributed by atoms with E-state index in [1.54, 1.807) is 4.31 Å². The summed E-state index contributed by atoms with van der Waals surface area (Å²) in [5.41, 5.74) is 1.08. The molecule has 17 heavy (non-hydrogen) atoms. The van der Waals surface area contributed by atoms with E-state index < -0.39 is 11.3 Å². The largest absolute Gasteiger partial charge is 0.317 e. The third-order valence-electron chi connectivity index (χ3n) is 3.10. The van der Waals surface area contributed by atoms with Gasteiger partial charge in [-0.3, -0.25) is 4.55 Å². The quantitative estimate of drug-likeness (QED) is 0.798. The number of nitrogens with zero attached hydrogens (tertiary/aromatic N) is 1. The third kappa shape index (κ3) is 3.61. The summed E-state index contributed by atoms with van der Waals surface area (Å²) in [5.74, 6) is 0. The maximum absolute atomic E-state index is 11.4. The molecule has 1 unspecified atom stereocenters. The van der Waals surface area contributed by atoms with Crippen LogP contribution in [0.4, 0.5) is 0 Å². The first-order valence-corrected chi connectivity index (χ1v) is 6.96. The fraction of sp³-hybridized carbons (Fsp3) is 0.500. The highest BCUT2D eigenvalue weighted by atomic mass is 32.2. The van der Waals surface area contributed by atoms with Crippen LogP contribution in [0.5, 0.6) is 0 Å².